The molecule has 0 saturated carbocycles. The summed E-state index contributed by atoms with van der Waals surface area (Å²) in [5.41, 5.74) is 2.62. The number of rotatable bonds is 3. The summed E-state index contributed by atoms with van der Waals surface area (Å²) in [4.78, 5) is 11.6. The zero-order valence-electron chi connectivity index (χ0n) is 13.1. The number of hydrogen-bond acceptors (Lipinski definition) is 4. The minimum Gasteiger partial charge on any atom is -0.364 e. The van der Waals surface area contributed by atoms with Gasteiger partial charge in [-0.15, -0.1) is 0 Å². The number of aryl methyl sites for hydroxylation is 2. The van der Waals surface area contributed by atoms with Crippen LogP contribution in [-0.2, 0) is 12.7 Å². The van der Waals surface area contributed by atoms with Crippen LogP contribution in [0.1, 0.15) is 22.6 Å². The number of halogens is 3. The van der Waals surface area contributed by atoms with Crippen LogP contribution < -0.4 is 5.32 Å². The van der Waals surface area contributed by atoms with E-state index in [0.29, 0.717) is 22.2 Å². The number of pyridine rings is 1. The number of fused-ring (bicyclic) bond motifs is 1. The highest BCUT2D eigenvalue weighted by atomic mass is 19.4. The molecular formula is C17H15F3N4. The highest BCUT2D eigenvalue weighted by Gasteiger charge is 2.35. The molecule has 0 aliphatic rings. The van der Waals surface area contributed by atoms with Crippen LogP contribution in [0.25, 0.3) is 10.9 Å². The van der Waals surface area contributed by atoms with Crippen LogP contribution in [0.4, 0.5) is 19.0 Å². The summed E-state index contributed by atoms with van der Waals surface area (Å²) in [6, 6.07) is 8.97. The third kappa shape index (κ3) is 3.29. The van der Waals surface area contributed by atoms with Crippen molar-refractivity contribution in [3.8, 4) is 0 Å². The van der Waals surface area contributed by atoms with Gasteiger partial charge in [-0.05, 0) is 43.2 Å². The van der Waals surface area contributed by atoms with E-state index in [1.807, 2.05) is 13.0 Å². The van der Waals surface area contributed by atoms with Crippen LogP contribution in [0.2, 0.25) is 0 Å². The first-order valence-electron chi connectivity index (χ1n) is 7.34. The van der Waals surface area contributed by atoms with Crippen LogP contribution >= 0.6 is 0 Å². The van der Waals surface area contributed by atoms with E-state index in [1.165, 1.54) is 0 Å². The fourth-order valence-corrected chi connectivity index (χ4v) is 2.52. The molecule has 0 atom stereocenters. The summed E-state index contributed by atoms with van der Waals surface area (Å²) >= 11 is 0. The molecule has 7 heteroatoms. The average molecular weight is 332 g/mol. The molecule has 2 aromatic heterocycles. The Labute approximate surface area is 136 Å². The van der Waals surface area contributed by atoms with Crippen LogP contribution in [0.15, 0.2) is 36.5 Å². The van der Waals surface area contributed by atoms with Gasteiger partial charge in [0.05, 0.1) is 17.8 Å². The first-order valence-corrected chi connectivity index (χ1v) is 7.34. The van der Waals surface area contributed by atoms with Crippen molar-refractivity contribution in [1.82, 2.24) is 15.0 Å². The van der Waals surface area contributed by atoms with E-state index >= 15 is 0 Å². The zero-order valence-corrected chi connectivity index (χ0v) is 13.1. The Bertz CT molecular complexity index is 876. The third-order valence-corrected chi connectivity index (χ3v) is 3.55. The maximum absolute atomic E-state index is 13.1. The second kappa shape index (κ2) is 6.07. The predicted octanol–water partition coefficient (Wildman–Crippen LogP) is 4.27. The lowest BCUT2D eigenvalue weighted by Gasteiger charge is -2.14. The molecule has 0 bridgehead atoms. The molecule has 1 aromatic carbocycles. The lowest BCUT2D eigenvalue weighted by atomic mass is 10.1. The molecule has 2 heterocycles. The third-order valence-electron chi connectivity index (χ3n) is 3.55. The molecule has 3 rings (SSSR count). The van der Waals surface area contributed by atoms with E-state index in [2.05, 4.69) is 20.3 Å². The first kappa shape index (κ1) is 16.2. The summed E-state index contributed by atoms with van der Waals surface area (Å²) in [5, 5.41) is 3.52. The number of nitrogens with zero attached hydrogens (tertiary/aromatic N) is 3. The van der Waals surface area contributed by atoms with Crippen molar-refractivity contribution >= 4 is 16.7 Å². The largest absolute Gasteiger partial charge is 0.451 e. The van der Waals surface area contributed by atoms with Crippen molar-refractivity contribution in [1.29, 1.82) is 0 Å². The summed E-state index contributed by atoms with van der Waals surface area (Å²) in [7, 11) is 0. The maximum atomic E-state index is 13.1. The molecule has 0 aliphatic heterocycles. The molecule has 4 nitrogen and oxygen atoms in total. The monoisotopic (exact) mass is 332 g/mol. The molecule has 1 N–H and O–H groups in total. The normalized spacial score (nSPS) is 11.7. The van der Waals surface area contributed by atoms with Gasteiger partial charge >= 0.3 is 6.18 Å². The van der Waals surface area contributed by atoms with Crippen molar-refractivity contribution in [2.45, 2.75) is 26.6 Å². The second-order valence-electron chi connectivity index (χ2n) is 5.55. The summed E-state index contributed by atoms with van der Waals surface area (Å²) in [6.45, 7) is 3.90. The van der Waals surface area contributed by atoms with E-state index in [0.717, 1.165) is 5.56 Å². The maximum Gasteiger partial charge on any atom is 0.451 e. The number of hydrogen-bond donors (Lipinski definition) is 1. The minimum atomic E-state index is -4.60. The molecule has 124 valence electrons. The van der Waals surface area contributed by atoms with Gasteiger partial charge in [0.25, 0.3) is 0 Å². The molecule has 0 radical (unpaired) electrons. The van der Waals surface area contributed by atoms with Gasteiger partial charge in [0.1, 0.15) is 5.82 Å². The van der Waals surface area contributed by atoms with Gasteiger partial charge in [0.15, 0.2) is 0 Å². The Morgan fingerprint density at radius 1 is 1.08 bits per heavy atom. The number of aromatic nitrogens is 3. The van der Waals surface area contributed by atoms with Gasteiger partial charge in [-0.2, -0.15) is 13.2 Å². The van der Waals surface area contributed by atoms with E-state index in [9.17, 15) is 13.2 Å². The molecule has 24 heavy (non-hydrogen) atoms. The SMILES string of the molecule is Cc1cc(C)c2nc(C(F)(F)F)nc(NCc3ccccn3)c2c1. The van der Waals surface area contributed by atoms with E-state index in [4.69, 9.17) is 0 Å². The van der Waals surface area contributed by atoms with Gasteiger partial charge in [-0.25, -0.2) is 9.97 Å². The molecule has 3 aromatic rings. The fraction of sp³-hybridized carbons (Fsp3) is 0.235. The number of alkyl halides is 3. The Morgan fingerprint density at radius 3 is 2.54 bits per heavy atom. The summed E-state index contributed by atoms with van der Waals surface area (Å²) in [6.07, 6.45) is -2.97. The topological polar surface area (TPSA) is 50.7 Å². The molecule has 0 unspecified atom stereocenters. The number of anilines is 1. The predicted molar refractivity (Wildman–Crippen MR) is 85.6 cm³/mol. The smallest absolute Gasteiger partial charge is 0.364 e. The van der Waals surface area contributed by atoms with Gasteiger partial charge in [0.2, 0.25) is 5.82 Å². The van der Waals surface area contributed by atoms with Crippen LogP contribution in [0.3, 0.4) is 0 Å². The summed E-state index contributed by atoms with van der Waals surface area (Å²) in [5.74, 6) is -0.991. The van der Waals surface area contributed by atoms with Crippen molar-refractivity contribution < 1.29 is 13.2 Å². The molecular weight excluding hydrogens is 317 g/mol. The van der Waals surface area contributed by atoms with E-state index < -0.39 is 12.0 Å². The van der Waals surface area contributed by atoms with Crippen molar-refractivity contribution in [3.05, 3.63) is 59.2 Å². The minimum absolute atomic E-state index is 0.157. The standard InChI is InChI=1S/C17H15F3N4/c1-10-7-11(2)14-13(8-10)15(24-16(23-14)17(18,19)20)22-9-12-5-3-4-6-21-12/h3-8H,9H2,1-2H3,(H,22,23,24). The van der Waals surface area contributed by atoms with Gasteiger partial charge in [-0.3, -0.25) is 4.98 Å². The molecule has 0 spiro atoms. The van der Waals surface area contributed by atoms with E-state index in [1.54, 1.807) is 37.4 Å². The Hall–Kier alpha value is -2.70. The van der Waals surface area contributed by atoms with Gasteiger partial charge < -0.3 is 5.32 Å². The Balaban J connectivity index is 2.09. The number of benzene rings is 1. The van der Waals surface area contributed by atoms with Crippen molar-refractivity contribution in [2.24, 2.45) is 0 Å². The highest BCUT2D eigenvalue weighted by Crippen LogP contribution is 2.32. The van der Waals surface area contributed by atoms with E-state index in [-0.39, 0.29) is 12.4 Å². The highest BCUT2D eigenvalue weighted by molar-refractivity contribution is 5.91. The lowest BCUT2D eigenvalue weighted by molar-refractivity contribution is -0.144. The second-order valence-corrected chi connectivity index (χ2v) is 5.55. The van der Waals surface area contributed by atoms with Crippen LogP contribution in [-0.4, -0.2) is 15.0 Å². The Morgan fingerprint density at radius 2 is 1.88 bits per heavy atom. The van der Waals surface area contributed by atoms with Crippen LogP contribution in [0, 0.1) is 13.8 Å². The lowest BCUT2D eigenvalue weighted by Crippen LogP contribution is -2.14. The first-order chi connectivity index (χ1) is 11.3. The molecule has 0 aliphatic carbocycles. The zero-order chi connectivity index (χ0) is 17.3. The van der Waals surface area contributed by atoms with Gasteiger partial charge in [-0.1, -0.05) is 12.1 Å². The Kier molecular flexibility index (Phi) is 4.09. The quantitative estimate of drug-likeness (QED) is 0.778. The van der Waals surface area contributed by atoms with Crippen molar-refractivity contribution in [2.75, 3.05) is 5.32 Å². The molecule has 0 amide bonds. The van der Waals surface area contributed by atoms with Gasteiger partial charge in [0, 0.05) is 11.6 Å². The molecule has 0 fully saturated rings. The average Bonchev–Trinajstić information content (AvgIpc) is 2.52. The number of nitrogens with one attached hydrogen (secondary N) is 1. The fourth-order valence-electron chi connectivity index (χ4n) is 2.52. The molecule has 0 saturated heterocycles. The van der Waals surface area contributed by atoms with Crippen molar-refractivity contribution in [3.63, 3.8) is 0 Å². The van der Waals surface area contributed by atoms with Crippen LogP contribution in [0.5, 0.6) is 0 Å². The summed E-state index contributed by atoms with van der Waals surface area (Å²) < 4.78 is 39.3.